The number of aromatic nitrogens is 4. The highest BCUT2D eigenvalue weighted by Gasteiger charge is 2.26. The molecule has 0 spiro atoms. The molecule has 0 radical (unpaired) electrons. The Bertz CT molecular complexity index is 1460. The third-order valence-corrected chi connectivity index (χ3v) is 6.29. The number of rotatable bonds is 5. The van der Waals surface area contributed by atoms with Crippen molar-refractivity contribution in [2.75, 3.05) is 18.4 Å². The van der Waals surface area contributed by atoms with Crippen LogP contribution in [0.5, 0.6) is 0 Å². The number of fused-ring (bicyclic) bond motifs is 1. The molecule has 4 aromatic rings. The first-order chi connectivity index (χ1) is 17.4. The highest BCUT2D eigenvalue weighted by atomic mass is 19.1. The number of tetrazole rings is 1. The molecule has 0 atom stereocenters. The number of aliphatic carboxylic acids is 1. The van der Waals surface area contributed by atoms with Crippen LogP contribution in [-0.2, 0) is 4.79 Å². The average molecular weight is 487 g/mol. The summed E-state index contributed by atoms with van der Waals surface area (Å²) in [5.41, 5.74) is 1.15. The number of piperidine rings is 1. The minimum atomic E-state index is -0.796. The maximum atomic E-state index is 14.8. The smallest absolute Gasteiger partial charge is 0.306 e. The van der Waals surface area contributed by atoms with E-state index in [2.05, 4.69) is 20.8 Å². The van der Waals surface area contributed by atoms with Crippen LogP contribution >= 0.6 is 0 Å². The van der Waals surface area contributed by atoms with Crippen molar-refractivity contribution in [1.29, 1.82) is 5.41 Å². The molecule has 36 heavy (non-hydrogen) atoms. The van der Waals surface area contributed by atoms with E-state index < -0.39 is 17.7 Å². The van der Waals surface area contributed by atoms with E-state index in [1.165, 1.54) is 6.07 Å². The van der Waals surface area contributed by atoms with Crippen molar-refractivity contribution >= 4 is 34.2 Å². The van der Waals surface area contributed by atoms with E-state index >= 15 is 0 Å². The minimum Gasteiger partial charge on any atom is -0.481 e. The van der Waals surface area contributed by atoms with Gasteiger partial charge in [0.1, 0.15) is 17.3 Å². The number of benzene rings is 3. The maximum absolute atomic E-state index is 14.8. The van der Waals surface area contributed by atoms with Crippen LogP contribution in [0.15, 0.2) is 60.7 Å². The van der Waals surface area contributed by atoms with Gasteiger partial charge in [-0.05, 0) is 70.4 Å². The Morgan fingerprint density at radius 1 is 1.03 bits per heavy atom. The summed E-state index contributed by atoms with van der Waals surface area (Å²) in [7, 11) is 0. The zero-order valence-corrected chi connectivity index (χ0v) is 19.1. The second kappa shape index (κ2) is 9.53. The Balaban J connectivity index is 1.29. The van der Waals surface area contributed by atoms with Gasteiger partial charge in [-0.2, -0.15) is 4.68 Å². The molecule has 10 nitrogen and oxygen atoms in total. The zero-order chi connectivity index (χ0) is 25.2. The molecule has 5 rings (SSSR count). The summed E-state index contributed by atoms with van der Waals surface area (Å²) < 4.78 is 15.8. The molecule has 11 heteroatoms. The van der Waals surface area contributed by atoms with Crippen LogP contribution in [0.4, 0.5) is 10.1 Å². The lowest BCUT2D eigenvalue weighted by Gasteiger charge is -2.32. The lowest BCUT2D eigenvalue weighted by Crippen LogP contribution is -2.40. The number of likely N-dealkylation sites (tertiary alicyclic amines) is 1. The standard InChI is InChI=1S/C25H22FN7O3/c26-20-13-17-3-1-2-4-18(17)14-21(20)33-23(29-30-31-33)24(34)28-19-7-5-15(6-8-19)22(27)32-11-9-16(10-12-32)25(35)36/h1-8,13-14,16,27H,9-12H2,(H,28,34)(H,35,36). The molecule has 0 saturated carbocycles. The lowest BCUT2D eigenvalue weighted by atomic mass is 9.96. The highest BCUT2D eigenvalue weighted by Crippen LogP contribution is 2.23. The van der Waals surface area contributed by atoms with Gasteiger partial charge in [-0.1, -0.05) is 24.3 Å². The molecule has 1 amide bonds. The van der Waals surface area contributed by atoms with Crippen LogP contribution in [-0.4, -0.2) is 61.0 Å². The fourth-order valence-corrected chi connectivity index (χ4v) is 4.28. The van der Waals surface area contributed by atoms with Gasteiger partial charge in [0.2, 0.25) is 5.82 Å². The molecular weight excluding hydrogens is 465 g/mol. The quantitative estimate of drug-likeness (QED) is 0.290. The number of anilines is 1. The lowest BCUT2D eigenvalue weighted by molar-refractivity contribution is -0.143. The van der Waals surface area contributed by atoms with Crippen LogP contribution < -0.4 is 5.32 Å². The van der Waals surface area contributed by atoms with Gasteiger partial charge in [-0.3, -0.25) is 15.0 Å². The number of nitrogens with one attached hydrogen (secondary N) is 2. The van der Waals surface area contributed by atoms with E-state index in [4.69, 9.17) is 10.5 Å². The number of carbonyl (C=O) groups excluding carboxylic acids is 1. The van der Waals surface area contributed by atoms with E-state index in [9.17, 15) is 14.0 Å². The fraction of sp³-hybridized carbons (Fsp3) is 0.200. The number of carboxylic acids is 1. The zero-order valence-electron chi connectivity index (χ0n) is 19.1. The third kappa shape index (κ3) is 4.50. The summed E-state index contributed by atoms with van der Waals surface area (Å²) in [5, 5.41) is 32.9. The van der Waals surface area contributed by atoms with Crippen molar-refractivity contribution in [3.05, 3.63) is 77.9 Å². The van der Waals surface area contributed by atoms with Gasteiger partial charge in [0.15, 0.2) is 0 Å². The average Bonchev–Trinajstić information content (AvgIpc) is 3.38. The van der Waals surface area contributed by atoms with Gasteiger partial charge in [-0.15, -0.1) is 5.10 Å². The van der Waals surface area contributed by atoms with Crippen molar-refractivity contribution in [2.24, 2.45) is 5.92 Å². The van der Waals surface area contributed by atoms with Gasteiger partial charge in [-0.25, -0.2) is 4.39 Å². The number of nitrogens with zero attached hydrogens (tertiary/aromatic N) is 5. The Kier molecular flexibility index (Phi) is 6.11. The number of amidine groups is 1. The van der Waals surface area contributed by atoms with E-state index in [1.54, 1.807) is 36.4 Å². The first-order valence-electron chi connectivity index (χ1n) is 11.4. The molecule has 1 aromatic heterocycles. The third-order valence-electron chi connectivity index (χ3n) is 6.29. The second-order valence-corrected chi connectivity index (χ2v) is 8.54. The SMILES string of the molecule is N=C(c1ccc(NC(=O)c2nnnn2-c2cc3ccccc3cc2F)cc1)N1CCC(C(=O)O)CC1. The molecule has 2 heterocycles. The molecule has 1 aliphatic rings. The molecule has 1 fully saturated rings. The Labute approximate surface area is 204 Å². The topological polar surface area (TPSA) is 137 Å². The fourth-order valence-electron chi connectivity index (χ4n) is 4.28. The Hall–Kier alpha value is -4.67. The number of amides is 1. The first kappa shape index (κ1) is 23.1. The van der Waals surface area contributed by atoms with Crippen molar-refractivity contribution in [2.45, 2.75) is 12.8 Å². The number of hydrogen-bond donors (Lipinski definition) is 3. The van der Waals surface area contributed by atoms with Crippen molar-refractivity contribution in [1.82, 2.24) is 25.1 Å². The van der Waals surface area contributed by atoms with Crippen LogP contribution in [0, 0.1) is 17.1 Å². The molecule has 0 bridgehead atoms. The largest absolute Gasteiger partial charge is 0.481 e. The van der Waals surface area contributed by atoms with E-state index in [0.29, 0.717) is 43.0 Å². The van der Waals surface area contributed by atoms with Gasteiger partial charge in [0.05, 0.1) is 5.92 Å². The highest BCUT2D eigenvalue weighted by molar-refractivity contribution is 6.02. The summed E-state index contributed by atoms with van der Waals surface area (Å²) in [6, 6.07) is 16.9. The van der Waals surface area contributed by atoms with Crippen molar-refractivity contribution < 1.29 is 19.1 Å². The van der Waals surface area contributed by atoms with Crippen molar-refractivity contribution in [3.8, 4) is 5.69 Å². The van der Waals surface area contributed by atoms with Gasteiger partial charge in [0.25, 0.3) is 5.91 Å². The van der Waals surface area contributed by atoms with Crippen LogP contribution in [0.3, 0.4) is 0 Å². The number of carboxylic acid groups (broad SMARTS) is 1. The summed E-state index contributed by atoms with van der Waals surface area (Å²) in [5.74, 6) is -2.23. The molecule has 3 N–H and O–H groups in total. The first-order valence-corrected chi connectivity index (χ1v) is 11.4. The molecule has 0 aliphatic carbocycles. The monoisotopic (exact) mass is 487 g/mol. The normalized spacial score (nSPS) is 14.1. The molecule has 3 aromatic carbocycles. The molecule has 182 valence electrons. The second-order valence-electron chi connectivity index (χ2n) is 8.54. The summed E-state index contributed by atoms with van der Waals surface area (Å²) in [6.07, 6.45) is 0.997. The summed E-state index contributed by atoms with van der Waals surface area (Å²) in [6.45, 7) is 1.00. The number of hydrogen-bond acceptors (Lipinski definition) is 6. The molecule has 0 unspecified atom stereocenters. The van der Waals surface area contributed by atoms with Crippen LogP contribution in [0.2, 0.25) is 0 Å². The van der Waals surface area contributed by atoms with Gasteiger partial charge >= 0.3 is 5.97 Å². The van der Waals surface area contributed by atoms with E-state index in [1.807, 2.05) is 23.1 Å². The maximum Gasteiger partial charge on any atom is 0.306 e. The Morgan fingerprint density at radius 2 is 1.69 bits per heavy atom. The van der Waals surface area contributed by atoms with E-state index in [-0.39, 0.29) is 17.4 Å². The van der Waals surface area contributed by atoms with E-state index in [0.717, 1.165) is 15.5 Å². The van der Waals surface area contributed by atoms with Crippen LogP contribution in [0.25, 0.3) is 16.5 Å². The van der Waals surface area contributed by atoms with Gasteiger partial charge < -0.3 is 15.3 Å². The summed E-state index contributed by atoms with van der Waals surface area (Å²) in [4.78, 5) is 25.9. The Morgan fingerprint density at radius 3 is 2.36 bits per heavy atom. The summed E-state index contributed by atoms with van der Waals surface area (Å²) >= 11 is 0. The molecular formula is C25H22FN7O3. The molecule has 1 saturated heterocycles. The predicted octanol–water partition coefficient (Wildman–Crippen LogP) is 3.33. The number of carbonyl (C=O) groups is 2. The molecule has 1 aliphatic heterocycles. The predicted molar refractivity (Wildman–Crippen MR) is 130 cm³/mol. The number of halogens is 1. The van der Waals surface area contributed by atoms with Crippen molar-refractivity contribution in [3.63, 3.8) is 0 Å². The van der Waals surface area contributed by atoms with Gasteiger partial charge in [0, 0.05) is 24.3 Å². The minimum absolute atomic E-state index is 0.0549. The van der Waals surface area contributed by atoms with Crippen LogP contribution in [0.1, 0.15) is 29.0 Å².